The lowest BCUT2D eigenvalue weighted by Gasteiger charge is -2.17. The van der Waals surface area contributed by atoms with Crippen molar-refractivity contribution in [2.24, 2.45) is 0 Å². The van der Waals surface area contributed by atoms with Crippen molar-refractivity contribution in [3.05, 3.63) is 29.6 Å². The van der Waals surface area contributed by atoms with E-state index in [1.165, 1.54) is 19.1 Å². The molecule has 0 aliphatic heterocycles. The molecule has 0 amide bonds. The predicted molar refractivity (Wildman–Crippen MR) is 72.4 cm³/mol. The molecule has 0 heterocycles. The van der Waals surface area contributed by atoms with E-state index in [1.54, 1.807) is 6.92 Å². The second kappa shape index (κ2) is 7.62. The highest BCUT2D eigenvalue weighted by molar-refractivity contribution is 5.94. The molecule has 0 saturated heterocycles. The predicted octanol–water partition coefficient (Wildman–Crippen LogP) is 3.14. The maximum atomic E-state index is 13.8. The van der Waals surface area contributed by atoms with Gasteiger partial charge in [0.1, 0.15) is 0 Å². The van der Waals surface area contributed by atoms with Gasteiger partial charge in [0.2, 0.25) is 0 Å². The molecule has 4 nitrogen and oxygen atoms in total. The zero-order chi connectivity index (χ0) is 15.1. The lowest BCUT2D eigenvalue weighted by Crippen LogP contribution is -2.29. The van der Waals surface area contributed by atoms with Crippen LogP contribution in [0, 0.1) is 5.82 Å². The van der Waals surface area contributed by atoms with Gasteiger partial charge in [-0.05, 0) is 38.5 Å². The molecule has 20 heavy (non-hydrogen) atoms. The minimum absolute atomic E-state index is 0.0542. The summed E-state index contributed by atoms with van der Waals surface area (Å²) in [5, 5.41) is 0. The van der Waals surface area contributed by atoms with Crippen molar-refractivity contribution in [2.45, 2.75) is 39.7 Å². The van der Waals surface area contributed by atoms with E-state index in [4.69, 9.17) is 9.47 Å². The SMILES string of the molecule is CCCC(Oc1ccc(C(C)=O)cc1F)C(=O)OCC. The standard InChI is InChI=1S/C15H19FO4/c1-4-6-14(15(18)19-5-2)20-13-8-7-11(10(3)17)9-12(13)16/h7-9,14H,4-6H2,1-3H3. The van der Waals surface area contributed by atoms with Crippen LogP contribution in [0.3, 0.4) is 0 Å². The van der Waals surface area contributed by atoms with E-state index >= 15 is 0 Å². The van der Waals surface area contributed by atoms with Crippen LogP contribution >= 0.6 is 0 Å². The summed E-state index contributed by atoms with van der Waals surface area (Å²) < 4.78 is 24.1. The lowest BCUT2D eigenvalue weighted by atomic mass is 10.1. The second-order valence-corrected chi connectivity index (χ2v) is 4.35. The van der Waals surface area contributed by atoms with Gasteiger partial charge in [0.25, 0.3) is 0 Å². The molecule has 1 aromatic carbocycles. The Kier molecular flexibility index (Phi) is 6.15. The number of hydrogen-bond acceptors (Lipinski definition) is 4. The molecule has 1 rings (SSSR count). The number of rotatable bonds is 7. The van der Waals surface area contributed by atoms with Gasteiger partial charge in [0.15, 0.2) is 23.5 Å². The number of ether oxygens (including phenoxy) is 2. The third kappa shape index (κ3) is 4.33. The Morgan fingerprint density at radius 2 is 2.00 bits per heavy atom. The number of benzene rings is 1. The van der Waals surface area contributed by atoms with Crippen LogP contribution < -0.4 is 4.74 Å². The summed E-state index contributed by atoms with van der Waals surface area (Å²) in [6, 6.07) is 3.93. The highest BCUT2D eigenvalue weighted by atomic mass is 19.1. The summed E-state index contributed by atoms with van der Waals surface area (Å²) in [6.07, 6.45) is 0.307. The van der Waals surface area contributed by atoms with Gasteiger partial charge in [-0.15, -0.1) is 0 Å². The van der Waals surface area contributed by atoms with Crippen LogP contribution in [-0.4, -0.2) is 24.5 Å². The van der Waals surface area contributed by atoms with Crippen LogP contribution in [0.25, 0.3) is 0 Å². The van der Waals surface area contributed by atoms with Gasteiger partial charge >= 0.3 is 5.97 Å². The molecule has 0 N–H and O–H groups in total. The Labute approximate surface area is 117 Å². The van der Waals surface area contributed by atoms with Crippen molar-refractivity contribution in [3.63, 3.8) is 0 Å². The first kappa shape index (κ1) is 16.1. The first-order valence-corrected chi connectivity index (χ1v) is 6.63. The smallest absolute Gasteiger partial charge is 0.347 e. The number of esters is 1. The zero-order valence-electron chi connectivity index (χ0n) is 11.9. The highest BCUT2D eigenvalue weighted by Crippen LogP contribution is 2.21. The van der Waals surface area contributed by atoms with E-state index in [1.807, 2.05) is 6.92 Å². The van der Waals surface area contributed by atoms with Crippen molar-refractivity contribution >= 4 is 11.8 Å². The Morgan fingerprint density at radius 3 is 2.50 bits per heavy atom. The van der Waals surface area contributed by atoms with Crippen molar-refractivity contribution in [1.29, 1.82) is 0 Å². The highest BCUT2D eigenvalue weighted by Gasteiger charge is 2.22. The number of halogens is 1. The van der Waals surface area contributed by atoms with Crippen molar-refractivity contribution in [1.82, 2.24) is 0 Å². The Morgan fingerprint density at radius 1 is 1.30 bits per heavy atom. The molecule has 0 spiro atoms. The molecule has 1 unspecified atom stereocenters. The third-order valence-electron chi connectivity index (χ3n) is 2.71. The minimum Gasteiger partial charge on any atom is -0.476 e. The molecule has 0 aromatic heterocycles. The van der Waals surface area contributed by atoms with E-state index in [-0.39, 0.29) is 23.7 Å². The maximum absolute atomic E-state index is 13.8. The number of carbonyl (C=O) groups excluding carboxylic acids is 2. The van der Waals surface area contributed by atoms with Crippen LogP contribution in [0.4, 0.5) is 4.39 Å². The van der Waals surface area contributed by atoms with Gasteiger partial charge in [-0.1, -0.05) is 13.3 Å². The average molecular weight is 282 g/mol. The zero-order valence-corrected chi connectivity index (χ0v) is 11.9. The summed E-state index contributed by atoms with van der Waals surface area (Å²) in [4.78, 5) is 22.8. The molecule has 1 aromatic rings. The lowest BCUT2D eigenvalue weighted by molar-refractivity contribution is -0.151. The third-order valence-corrected chi connectivity index (χ3v) is 2.71. The van der Waals surface area contributed by atoms with Crippen LogP contribution in [0.5, 0.6) is 5.75 Å². The molecule has 0 bridgehead atoms. The molecular weight excluding hydrogens is 263 g/mol. The van der Waals surface area contributed by atoms with E-state index in [9.17, 15) is 14.0 Å². The van der Waals surface area contributed by atoms with Crippen LogP contribution in [0.1, 0.15) is 44.0 Å². The fourth-order valence-electron chi connectivity index (χ4n) is 1.69. The summed E-state index contributed by atoms with van der Waals surface area (Å²) in [5.74, 6) is -1.46. The Hall–Kier alpha value is -1.91. The van der Waals surface area contributed by atoms with Crippen molar-refractivity contribution in [2.75, 3.05) is 6.61 Å². The molecule has 0 saturated carbocycles. The van der Waals surface area contributed by atoms with Crippen LogP contribution in [-0.2, 0) is 9.53 Å². The maximum Gasteiger partial charge on any atom is 0.347 e. The monoisotopic (exact) mass is 282 g/mol. The molecule has 0 radical (unpaired) electrons. The van der Waals surface area contributed by atoms with E-state index < -0.39 is 17.9 Å². The number of hydrogen-bond donors (Lipinski definition) is 0. The molecule has 0 aliphatic rings. The van der Waals surface area contributed by atoms with Gasteiger partial charge in [0.05, 0.1) is 6.61 Å². The first-order chi connectivity index (χ1) is 9.49. The van der Waals surface area contributed by atoms with E-state index in [0.717, 1.165) is 6.07 Å². The van der Waals surface area contributed by atoms with E-state index in [2.05, 4.69) is 0 Å². The van der Waals surface area contributed by atoms with Gasteiger partial charge in [-0.2, -0.15) is 0 Å². The second-order valence-electron chi connectivity index (χ2n) is 4.35. The molecule has 0 fully saturated rings. The number of carbonyl (C=O) groups is 2. The molecule has 1 atom stereocenters. The quantitative estimate of drug-likeness (QED) is 0.569. The summed E-state index contributed by atoms with van der Waals surface area (Å²) in [6.45, 7) is 5.19. The minimum atomic E-state index is -0.836. The normalized spacial score (nSPS) is 11.8. The van der Waals surface area contributed by atoms with Gasteiger partial charge in [-0.3, -0.25) is 4.79 Å². The van der Waals surface area contributed by atoms with E-state index in [0.29, 0.717) is 12.8 Å². The fraction of sp³-hybridized carbons (Fsp3) is 0.467. The summed E-state index contributed by atoms with van der Waals surface area (Å²) in [7, 11) is 0. The van der Waals surface area contributed by atoms with Gasteiger partial charge < -0.3 is 9.47 Å². The Bertz CT molecular complexity index is 485. The molecule has 110 valence electrons. The molecule has 5 heteroatoms. The first-order valence-electron chi connectivity index (χ1n) is 6.63. The van der Waals surface area contributed by atoms with Crippen molar-refractivity contribution < 1.29 is 23.5 Å². The molecule has 0 aliphatic carbocycles. The van der Waals surface area contributed by atoms with Crippen molar-refractivity contribution in [3.8, 4) is 5.75 Å². The van der Waals surface area contributed by atoms with Crippen LogP contribution in [0.15, 0.2) is 18.2 Å². The molecular formula is C15H19FO4. The fourth-order valence-corrected chi connectivity index (χ4v) is 1.69. The van der Waals surface area contributed by atoms with Gasteiger partial charge in [-0.25, -0.2) is 9.18 Å². The topological polar surface area (TPSA) is 52.6 Å². The Balaban J connectivity index is 2.88. The number of ketones is 1. The summed E-state index contributed by atoms with van der Waals surface area (Å²) >= 11 is 0. The summed E-state index contributed by atoms with van der Waals surface area (Å²) in [5.41, 5.74) is 0.262. The largest absolute Gasteiger partial charge is 0.476 e. The average Bonchev–Trinajstić information content (AvgIpc) is 2.40. The van der Waals surface area contributed by atoms with Gasteiger partial charge in [0, 0.05) is 5.56 Å². The van der Waals surface area contributed by atoms with Crippen LogP contribution in [0.2, 0.25) is 0 Å². The number of Topliss-reactive ketones (excluding diaryl/α,β-unsaturated/α-hetero) is 1.